The van der Waals surface area contributed by atoms with Crippen LogP contribution in [0.1, 0.15) is 37.7 Å². The Balaban J connectivity index is 1.78. The van der Waals surface area contributed by atoms with Crippen LogP contribution in [-0.2, 0) is 6.42 Å². The minimum atomic E-state index is 0.304. The van der Waals surface area contributed by atoms with Gasteiger partial charge in [-0.2, -0.15) is 5.10 Å². The molecule has 1 atom stereocenters. The summed E-state index contributed by atoms with van der Waals surface area (Å²) in [5.41, 5.74) is 1.26. The van der Waals surface area contributed by atoms with E-state index in [2.05, 4.69) is 46.5 Å². The summed E-state index contributed by atoms with van der Waals surface area (Å²) in [4.78, 5) is 4.10. The van der Waals surface area contributed by atoms with Crippen molar-refractivity contribution in [2.45, 2.75) is 32.7 Å². The van der Waals surface area contributed by atoms with Gasteiger partial charge in [0.25, 0.3) is 0 Å². The van der Waals surface area contributed by atoms with Gasteiger partial charge in [-0.3, -0.25) is 5.10 Å². The molecule has 1 aromatic carbocycles. The van der Waals surface area contributed by atoms with Crippen LogP contribution in [0.3, 0.4) is 0 Å². The van der Waals surface area contributed by atoms with Gasteiger partial charge in [0.2, 0.25) is 0 Å². The second-order valence-corrected chi connectivity index (χ2v) is 4.78. The number of aromatic nitrogens is 3. The molecule has 0 aliphatic heterocycles. The molecule has 0 fully saturated rings. The van der Waals surface area contributed by atoms with Crippen molar-refractivity contribution in [1.82, 2.24) is 20.5 Å². The topological polar surface area (TPSA) is 62.8 Å². The highest BCUT2D eigenvalue weighted by Crippen LogP contribution is 2.17. The lowest BCUT2D eigenvalue weighted by molar-refractivity contribution is 0.317. The van der Waals surface area contributed by atoms with Crippen molar-refractivity contribution in [1.29, 1.82) is 0 Å². The Kier molecular flexibility index (Phi) is 5.55. The van der Waals surface area contributed by atoms with Gasteiger partial charge in [0, 0.05) is 19.0 Å². The molecule has 20 heavy (non-hydrogen) atoms. The highest BCUT2D eigenvalue weighted by molar-refractivity contribution is 5.28. The first-order valence-electron chi connectivity index (χ1n) is 7.10. The second-order valence-electron chi connectivity index (χ2n) is 4.78. The van der Waals surface area contributed by atoms with Crippen LogP contribution < -0.4 is 10.1 Å². The molecule has 2 rings (SSSR count). The van der Waals surface area contributed by atoms with Crippen LogP contribution in [0.15, 0.2) is 30.6 Å². The fourth-order valence-electron chi connectivity index (χ4n) is 1.95. The van der Waals surface area contributed by atoms with Gasteiger partial charge >= 0.3 is 0 Å². The predicted octanol–water partition coefficient (Wildman–Crippen LogP) is 2.49. The molecule has 0 saturated heterocycles. The third-order valence-corrected chi connectivity index (χ3v) is 3.13. The quantitative estimate of drug-likeness (QED) is 0.776. The summed E-state index contributed by atoms with van der Waals surface area (Å²) >= 11 is 0. The molecule has 5 nitrogen and oxygen atoms in total. The summed E-state index contributed by atoms with van der Waals surface area (Å²) in [6, 6.07) is 8.58. The van der Waals surface area contributed by atoms with Crippen LogP contribution in [0.25, 0.3) is 0 Å². The summed E-state index contributed by atoms with van der Waals surface area (Å²) in [6.45, 7) is 5.89. The first kappa shape index (κ1) is 14.5. The molecule has 2 N–H and O–H groups in total. The first-order chi connectivity index (χ1) is 9.79. The second kappa shape index (κ2) is 7.65. The van der Waals surface area contributed by atoms with Crippen molar-refractivity contribution in [2.24, 2.45) is 0 Å². The monoisotopic (exact) mass is 274 g/mol. The van der Waals surface area contributed by atoms with Crippen LogP contribution in [0, 0.1) is 0 Å². The highest BCUT2D eigenvalue weighted by Gasteiger charge is 2.05. The molecule has 0 bridgehead atoms. The van der Waals surface area contributed by atoms with Crippen molar-refractivity contribution in [2.75, 3.05) is 13.2 Å². The molecule has 0 amide bonds. The third kappa shape index (κ3) is 4.35. The number of H-pyrrole nitrogens is 1. The van der Waals surface area contributed by atoms with Crippen LogP contribution in [0.4, 0.5) is 0 Å². The zero-order chi connectivity index (χ0) is 14.2. The van der Waals surface area contributed by atoms with E-state index < -0.39 is 0 Å². The Bertz CT molecular complexity index is 481. The molecular weight excluding hydrogens is 252 g/mol. The number of benzene rings is 1. The zero-order valence-corrected chi connectivity index (χ0v) is 12.1. The molecule has 1 aromatic heterocycles. The van der Waals surface area contributed by atoms with Crippen molar-refractivity contribution < 1.29 is 4.74 Å². The van der Waals surface area contributed by atoms with E-state index in [-0.39, 0.29) is 0 Å². The van der Waals surface area contributed by atoms with E-state index in [9.17, 15) is 0 Å². The molecule has 0 saturated carbocycles. The molecule has 0 aliphatic carbocycles. The maximum atomic E-state index is 5.58. The van der Waals surface area contributed by atoms with E-state index in [4.69, 9.17) is 4.74 Å². The van der Waals surface area contributed by atoms with Gasteiger partial charge in [-0.05, 0) is 31.0 Å². The van der Waals surface area contributed by atoms with Gasteiger partial charge in [-0.25, -0.2) is 4.98 Å². The molecule has 0 aliphatic rings. The van der Waals surface area contributed by atoms with Crippen LogP contribution in [-0.4, -0.2) is 28.3 Å². The molecule has 1 heterocycles. The smallest absolute Gasteiger partial charge is 0.137 e. The molecular formula is C15H22N4O. The van der Waals surface area contributed by atoms with E-state index in [1.807, 2.05) is 12.1 Å². The average Bonchev–Trinajstić information content (AvgIpc) is 2.99. The van der Waals surface area contributed by atoms with Crippen molar-refractivity contribution >= 4 is 0 Å². The fourth-order valence-corrected chi connectivity index (χ4v) is 1.95. The van der Waals surface area contributed by atoms with Gasteiger partial charge < -0.3 is 10.1 Å². The van der Waals surface area contributed by atoms with Gasteiger partial charge in [0.15, 0.2) is 0 Å². The van der Waals surface area contributed by atoms with E-state index in [1.165, 1.54) is 11.9 Å². The minimum absolute atomic E-state index is 0.304. The normalized spacial score (nSPS) is 12.3. The highest BCUT2D eigenvalue weighted by atomic mass is 16.5. The number of ether oxygens (including phenoxy) is 1. The summed E-state index contributed by atoms with van der Waals surface area (Å²) in [5, 5.41) is 10.2. The summed E-state index contributed by atoms with van der Waals surface area (Å²) < 4.78 is 5.58. The van der Waals surface area contributed by atoms with E-state index in [1.54, 1.807) is 0 Å². The molecule has 5 heteroatoms. The average molecular weight is 274 g/mol. The fraction of sp³-hybridized carbons (Fsp3) is 0.467. The lowest BCUT2D eigenvalue weighted by Crippen LogP contribution is -2.21. The number of aromatic amines is 1. The van der Waals surface area contributed by atoms with E-state index in [0.29, 0.717) is 6.04 Å². The Labute approximate surface area is 119 Å². The van der Waals surface area contributed by atoms with Crippen molar-refractivity contribution in [3.05, 3.63) is 42.0 Å². The number of nitrogens with one attached hydrogen (secondary N) is 2. The maximum absolute atomic E-state index is 5.58. The third-order valence-electron chi connectivity index (χ3n) is 3.13. The van der Waals surface area contributed by atoms with Crippen LogP contribution in [0.5, 0.6) is 5.75 Å². The van der Waals surface area contributed by atoms with Crippen LogP contribution >= 0.6 is 0 Å². The summed E-state index contributed by atoms with van der Waals surface area (Å²) in [6.07, 6.45) is 3.41. The number of nitrogens with zero attached hydrogens (tertiary/aromatic N) is 2. The Morgan fingerprint density at radius 2 is 2.10 bits per heavy atom. The molecule has 108 valence electrons. The number of hydrogen-bond donors (Lipinski definition) is 2. The lowest BCUT2D eigenvalue weighted by atomic mass is 10.1. The molecule has 1 unspecified atom stereocenters. The van der Waals surface area contributed by atoms with Gasteiger partial charge in [0.05, 0.1) is 6.61 Å². The Morgan fingerprint density at radius 1 is 1.30 bits per heavy atom. The largest absolute Gasteiger partial charge is 0.494 e. The van der Waals surface area contributed by atoms with E-state index in [0.717, 1.165) is 37.6 Å². The molecule has 0 radical (unpaired) electrons. The number of rotatable bonds is 8. The summed E-state index contributed by atoms with van der Waals surface area (Å²) in [5.74, 6) is 1.84. The van der Waals surface area contributed by atoms with Gasteiger partial charge in [-0.15, -0.1) is 0 Å². The minimum Gasteiger partial charge on any atom is -0.494 e. The van der Waals surface area contributed by atoms with Crippen molar-refractivity contribution in [3.8, 4) is 5.75 Å². The van der Waals surface area contributed by atoms with Gasteiger partial charge in [0.1, 0.15) is 17.9 Å². The zero-order valence-electron chi connectivity index (χ0n) is 12.1. The SMILES string of the molecule is CCCOc1ccc(C(C)NCCc2ncn[nH]2)cc1. The van der Waals surface area contributed by atoms with Crippen molar-refractivity contribution in [3.63, 3.8) is 0 Å². The first-order valence-corrected chi connectivity index (χ1v) is 7.10. The lowest BCUT2D eigenvalue weighted by Gasteiger charge is -2.14. The van der Waals surface area contributed by atoms with E-state index >= 15 is 0 Å². The van der Waals surface area contributed by atoms with Crippen LogP contribution in [0.2, 0.25) is 0 Å². The summed E-state index contributed by atoms with van der Waals surface area (Å²) in [7, 11) is 0. The molecule has 2 aromatic rings. The predicted molar refractivity (Wildman–Crippen MR) is 78.7 cm³/mol. The standard InChI is InChI=1S/C15H22N4O/c1-3-10-20-14-6-4-13(5-7-14)12(2)16-9-8-15-17-11-18-19-15/h4-7,11-12,16H,3,8-10H2,1-2H3,(H,17,18,19). The molecule has 0 spiro atoms. The van der Waals surface area contributed by atoms with Gasteiger partial charge in [-0.1, -0.05) is 19.1 Å². The Hall–Kier alpha value is -1.88. The maximum Gasteiger partial charge on any atom is 0.137 e. The Morgan fingerprint density at radius 3 is 2.75 bits per heavy atom. The number of hydrogen-bond acceptors (Lipinski definition) is 4.